The molecule has 178 valence electrons. The number of hydrogen-bond donors (Lipinski definition) is 0. The molecule has 0 aromatic heterocycles. The molecule has 0 saturated carbocycles. The standard InChI is InChI=1S/C25H25BrClN3O3S/c1-19-10-11-21(27)17-24(19)28-12-14-29(15-13-28)25(31)18-30(22-7-5-6-20(26)16-22)34(32,33)23-8-3-2-4-9-23/h2-11,16-17H,12-15,18H2,1H3. The molecule has 34 heavy (non-hydrogen) atoms. The van der Waals surface area contributed by atoms with Gasteiger partial charge >= 0.3 is 0 Å². The zero-order valence-corrected chi connectivity index (χ0v) is 21.9. The second-order valence-electron chi connectivity index (χ2n) is 8.10. The summed E-state index contributed by atoms with van der Waals surface area (Å²) in [5.41, 5.74) is 2.61. The molecule has 3 aromatic rings. The molecule has 1 aliphatic rings. The lowest BCUT2D eigenvalue weighted by molar-refractivity contribution is -0.129. The number of hydrogen-bond acceptors (Lipinski definition) is 4. The minimum absolute atomic E-state index is 0.143. The van der Waals surface area contributed by atoms with E-state index in [9.17, 15) is 13.2 Å². The van der Waals surface area contributed by atoms with Crippen molar-refractivity contribution < 1.29 is 13.2 Å². The SMILES string of the molecule is Cc1ccc(Cl)cc1N1CCN(C(=O)CN(c2cccc(Br)c2)S(=O)(=O)c2ccccc2)CC1. The molecule has 0 bridgehead atoms. The largest absolute Gasteiger partial charge is 0.368 e. The molecule has 1 heterocycles. The maximum absolute atomic E-state index is 13.5. The Morgan fingerprint density at radius 1 is 0.971 bits per heavy atom. The van der Waals surface area contributed by atoms with Crippen LogP contribution in [-0.4, -0.2) is 51.9 Å². The van der Waals surface area contributed by atoms with Gasteiger partial charge < -0.3 is 9.80 Å². The van der Waals surface area contributed by atoms with Gasteiger partial charge in [-0.1, -0.05) is 57.9 Å². The van der Waals surface area contributed by atoms with Crippen molar-refractivity contribution in [1.29, 1.82) is 0 Å². The smallest absolute Gasteiger partial charge is 0.264 e. The van der Waals surface area contributed by atoms with Crippen LogP contribution in [0.3, 0.4) is 0 Å². The second kappa shape index (κ2) is 10.4. The van der Waals surface area contributed by atoms with Crippen LogP contribution in [0.1, 0.15) is 5.56 Å². The number of rotatable bonds is 6. The van der Waals surface area contributed by atoms with E-state index in [0.717, 1.165) is 15.7 Å². The number of aryl methyl sites for hydroxylation is 1. The van der Waals surface area contributed by atoms with Crippen LogP contribution in [-0.2, 0) is 14.8 Å². The monoisotopic (exact) mass is 561 g/mol. The predicted octanol–water partition coefficient (Wildman–Crippen LogP) is 4.96. The van der Waals surface area contributed by atoms with Crippen molar-refractivity contribution in [2.75, 3.05) is 41.9 Å². The second-order valence-corrected chi connectivity index (χ2v) is 11.3. The summed E-state index contributed by atoms with van der Waals surface area (Å²) in [7, 11) is -3.93. The van der Waals surface area contributed by atoms with Crippen LogP contribution >= 0.6 is 27.5 Å². The number of nitrogens with zero attached hydrogens (tertiary/aromatic N) is 3. The van der Waals surface area contributed by atoms with E-state index >= 15 is 0 Å². The molecule has 0 unspecified atom stereocenters. The third-order valence-corrected chi connectivity index (χ3v) is 8.37. The Labute approximate surface area is 213 Å². The highest BCUT2D eigenvalue weighted by Gasteiger charge is 2.30. The van der Waals surface area contributed by atoms with Gasteiger partial charge in [0.05, 0.1) is 10.6 Å². The van der Waals surface area contributed by atoms with Gasteiger partial charge in [-0.3, -0.25) is 9.10 Å². The van der Waals surface area contributed by atoms with Crippen molar-refractivity contribution in [1.82, 2.24) is 4.90 Å². The molecule has 3 aromatic carbocycles. The van der Waals surface area contributed by atoms with E-state index in [1.165, 1.54) is 16.4 Å². The number of carbonyl (C=O) groups is 1. The van der Waals surface area contributed by atoms with Gasteiger partial charge in [0.1, 0.15) is 6.54 Å². The van der Waals surface area contributed by atoms with Gasteiger partial charge in [-0.15, -0.1) is 0 Å². The summed E-state index contributed by atoms with van der Waals surface area (Å²) in [6.07, 6.45) is 0. The molecule has 0 spiro atoms. The quantitative estimate of drug-likeness (QED) is 0.426. The molecule has 1 aliphatic heterocycles. The lowest BCUT2D eigenvalue weighted by Crippen LogP contribution is -2.52. The van der Waals surface area contributed by atoms with Gasteiger partial charge in [-0.05, 0) is 55.0 Å². The zero-order valence-electron chi connectivity index (χ0n) is 18.7. The summed E-state index contributed by atoms with van der Waals surface area (Å²) in [4.78, 5) is 17.4. The summed E-state index contributed by atoms with van der Waals surface area (Å²) in [5.74, 6) is -0.234. The topological polar surface area (TPSA) is 60.9 Å². The fourth-order valence-corrected chi connectivity index (χ4v) is 5.99. The maximum atomic E-state index is 13.5. The Balaban J connectivity index is 1.53. The molecule has 0 atom stereocenters. The van der Waals surface area contributed by atoms with Crippen LogP contribution in [0.5, 0.6) is 0 Å². The van der Waals surface area contributed by atoms with Crippen LogP contribution in [0.4, 0.5) is 11.4 Å². The Hall–Kier alpha value is -2.55. The van der Waals surface area contributed by atoms with E-state index in [4.69, 9.17) is 11.6 Å². The number of anilines is 2. The number of carbonyl (C=O) groups excluding carboxylic acids is 1. The maximum Gasteiger partial charge on any atom is 0.264 e. The van der Waals surface area contributed by atoms with Gasteiger partial charge in [-0.25, -0.2) is 8.42 Å². The number of sulfonamides is 1. The summed E-state index contributed by atoms with van der Waals surface area (Å²) in [6.45, 7) is 4.06. The van der Waals surface area contributed by atoms with Crippen molar-refractivity contribution in [3.63, 3.8) is 0 Å². The molecule has 1 fully saturated rings. The number of halogens is 2. The highest BCUT2D eigenvalue weighted by Crippen LogP contribution is 2.28. The molecule has 9 heteroatoms. The zero-order chi connectivity index (χ0) is 24.3. The molecular weight excluding hydrogens is 538 g/mol. The molecule has 1 saturated heterocycles. The van der Waals surface area contributed by atoms with E-state index in [-0.39, 0.29) is 17.3 Å². The highest BCUT2D eigenvalue weighted by atomic mass is 79.9. The van der Waals surface area contributed by atoms with Crippen molar-refractivity contribution in [2.45, 2.75) is 11.8 Å². The fourth-order valence-electron chi connectivity index (χ4n) is 4.01. The molecule has 4 rings (SSSR count). The number of amides is 1. The fraction of sp³-hybridized carbons (Fsp3) is 0.240. The van der Waals surface area contributed by atoms with Gasteiger partial charge in [0.15, 0.2) is 0 Å². The lowest BCUT2D eigenvalue weighted by Gasteiger charge is -2.37. The van der Waals surface area contributed by atoms with Crippen molar-refractivity contribution in [2.24, 2.45) is 0 Å². The first-order valence-corrected chi connectivity index (χ1v) is 13.5. The molecular formula is C25H25BrClN3O3S. The van der Waals surface area contributed by atoms with Gasteiger partial charge in [-0.2, -0.15) is 0 Å². The van der Waals surface area contributed by atoms with Crippen molar-refractivity contribution >= 4 is 54.8 Å². The average Bonchev–Trinajstić information content (AvgIpc) is 2.84. The Kier molecular flexibility index (Phi) is 7.50. The minimum atomic E-state index is -3.93. The molecule has 0 radical (unpaired) electrons. The lowest BCUT2D eigenvalue weighted by atomic mass is 10.1. The van der Waals surface area contributed by atoms with E-state index in [2.05, 4.69) is 20.8 Å². The van der Waals surface area contributed by atoms with Crippen LogP contribution in [0.15, 0.2) is 82.2 Å². The highest BCUT2D eigenvalue weighted by molar-refractivity contribution is 9.10. The van der Waals surface area contributed by atoms with Crippen LogP contribution in [0.25, 0.3) is 0 Å². The first-order chi connectivity index (χ1) is 16.3. The Morgan fingerprint density at radius 3 is 2.35 bits per heavy atom. The number of benzene rings is 3. The van der Waals surface area contributed by atoms with Gasteiger partial charge in [0.25, 0.3) is 10.0 Å². The average molecular weight is 563 g/mol. The van der Waals surface area contributed by atoms with Gasteiger partial charge in [0, 0.05) is 41.4 Å². The van der Waals surface area contributed by atoms with E-state index in [0.29, 0.717) is 36.9 Å². The van der Waals surface area contributed by atoms with Crippen molar-refractivity contribution in [3.05, 3.63) is 87.9 Å². The Morgan fingerprint density at radius 2 is 1.68 bits per heavy atom. The third kappa shape index (κ3) is 5.40. The first kappa shape index (κ1) is 24.6. The predicted molar refractivity (Wildman–Crippen MR) is 140 cm³/mol. The molecule has 6 nitrogen and oxygen atoms in total. The normalized spacial score (nSPS) is 14.2. The van der Waals surface area contributed by atoms with Crippen LogP contribution in [0.2, 0.25) is 5.02 Å². The van der Waals surface area contributed by atoms with Crippen LogP contribution in [0, 0.1) is 6.92 Å². The molecule has 0 aliphatic carbocycles. The Bertz CT molecular complexity index is 1280. The summed E-state index contributed by atoms with van der Waals surface area (Å²) < 4.78 is 28.9. The summed E-state index contributed by atoms with van der Waals surface area (Å²) in [5, 5.41) is 0.676. The van der Waals surface area contributed by atoms with Crippen LogP contribution < -0.4 is 9.21 Å². The first-order valence-electron chi connectivity index (χ1n) is 10.9. The van der Waals surface area contributed by atoms with E-state index in [1.54, 1.807) is 41.3 Å². The third-order valence-electron chi connectivity index (χ3n) is 5.85. The van der Waals surface area contributed by atoms with Crippen molar-refractivity contribution in [3.8, 4) is 0 Å². The molecule has 1 amide bonds. The summed E-state index contributed by atoms with van der Waals surface area (Å²) >= 11 is 9.58. The molecule has 0 N–H and O–H groups in total. The van der Waals surface area contributed by atoms with Gasteiger partial charge in [0.2, 0.25) is 5.91 Å². The summed E-state index contributed by atoms with van der Waals surface area (Å²) in [6, 6.07) is 20.9. The minimum Gasteiger partial charge on any atom is -0.368 e. The van der Waals surface area contributed by atoms with E-state index in [1.807, 2.05) is 31.2 Å². The van der Waals surface area contributed by atoms with E-state index < -0.39 is 10.0 Å². The number of piperazine rings is 1.